The molecule has 110 valence electrons. The molecule has 0 spiro atoms. The normalized spacial score (nSPS) is 20.1. The highest BCUT2D eigenvalue weighted by atomic mass is 35.5. The Morgan fingerprint density at radius 2 is 2.30 bits per heavy atom. The zero-order valence-corrected chi connectivity index (χ0v) is 12.5. The summed E-state index contributed by atoms with van der Waals surface area (Å²) in [4.78, 5) is 2.35. The van der Waals surface area contributed by atoms with Crippen LogP contribution in [-0.2, 0) is 11.3 Å². The molecule has 0 saturated carbocycles. The SMILES string of the molecule is CC1(C)COCCN1Cc1ccc(/C(N)=N/O)cc1Cl. The molecule has 0 atom stereocenters. The summed E-state index contributed by atoms with van der Waals surface area (Å²) < 4.78 is 5.51. The molecule has 3 N–H and O–H groups in total. The Kier molecular flexibility index (Phi) is 4.52. The molecule has 1 aromatic rings. The van der Waals surface area contributed by atoms with Crippen LogP contribution in [0.4, 0.5) is 0 Å². The standard InChI is InChI=1S/C14H20ClN3O2/c1-14(2)9-20-6-5-18(14)8-11-4-3-10(7-12(11)15)13(16)17-19/h3-4,7,19H,5-6,8-9H2,1-2H3,(H2,16,17). The van der Waals surface area contributed by atoms with Crippen LogP contribution in [0.15, 0.2) is 23.4 Å². The lowest BCUT2D eigenvalue weighted by Gasteiger charge is -2.42. The largest absolute Gasteiger partial charge is 0.409 e. The van der Waals surface area contributed by atoms with Crippen LogP contribution in [0.25, 0.3) is 0 Å². The highest BCUT2D eigenvalue weighted by Crippen LogP contribution is 2.25. The fourth-order valence-electron chi connectivity index (χ4n) is 2.28. The minimum atomic E-state index is -0.00810. The molecule has 0 aliphatic carbocycles. The van der Waals surface area contributed by atoms with Gasteiger partial charge in [0.05, 0.1) is 13.2 Å². The molecule has 20 heavy (non-hydrogen) atoms. The molecule has 1 aliphatic heterocycles. The number of hydrogen-bond donors (Lipinski definition) is 2. The minimum absolute atomic E-state index is 0.00810. The van der Waals surface area contributed by atoms with Gasteiger partial charge in [-0.3, -0.25) is 4.90 Å². The van der Waals surface area contributed by atoms with Crippen molar-refractivity contribution in [3.8, 4) is 0 Å². The van der Waals surface area contributed by atoms with Gasteiger partial charge in [-0.1, -0.05) is 28.9 Å². The molecule has 5 nitrogen and oxygen atoms in total. The van der Waals surface area contributed by atoms with E-state index in [-0.39, 0.29) is 11.4 Å². The van der Waals surface area contributed by atoms with Gasteiger partial charge in [0, 0.05) is 29.2 Å². The van der Waals surface area contributed by atoms with Gasteiger partial charge in [0.15, 0.2) is 5.84 Å². The second kappa shape index (κ2) is 5.99. The monoisotopic (exact) mass is 297 g/mol. The van der Waals surface area contributed by atoms with Crippen LogP contribution in [0.2, 0.25) is 5.02 Å². The first-order chi connectivity index (χ1) is 9.44. The molecular weight excluding hydrogens is 278 g/mol. The van der Waals surface area contributed by atoms with Crippen molar-refractivity contribution in [1.82, 2.24) is 4.90 Å². The van der Waals surface area contributed by atoms with Gasteiger partial charge in [-0.2, -0.15) is 0 Å². The van der Waals surface area contributed by atoms with Gasteiger partial charge in [-0.25, -0.2) is 0 Å². The second-order valence-corrected chi connectivity index (χ2v) is 5.99. The lowest BCUT2D eigenvalue weighted by Crippen LogP contribution is -2.52. The molecule has 1 saturated heterocycles. The lowest BCUT2D eigenvalue weighted by molar-refractivity contribution is -0.0552. The molecule has 1 aliphatic rings. The van der Waals surface area contributed by atoms with Crippen molar-refractivity contribution in [2.24, 2.45) is 10.9 Å². The topological polar surface area (TPSA) is 71.1 Å². The number of nitrogens with zero attached hydrogens (tertiary/aromatic N) is 2. The first-order valence-electron chi connectivity index (χ1n) is 6.53. The van der Waals surface area contributed by atoms with Gasteiger partial charge >= 0.3 is 0 Å². The van der Waals surface area contributed by atoms with Crippen LogP contribution in [0.5, 0.6) is 0 Å². The van der Waals surface area contributed by atoms with Crippen molar-refractivity contribution in [2.45, 2.75) is 25.9 Å². The van der Waals surface area contributed by atoms with E-state index in [1.54, 1.807) is 6.07 Å². The average molecular weight is 298 g/mol. The van der Waals surface area contributed by atoms with Gasteiger partial charge in [-0.15, -0.1) is 0 Å². The molecule has 1 fully saturated rings. The Balaban J connectivity index is 2.17. The second-order valence-electron chi connectivity index (χ2n) is 5.58. The molecule has 1 heterocycles. The summed E-state index contributed by atoms with van der Waals surface area (Å²) in [6.07, 6.45) is 0. The van der Waals surface area contributed by atoms with Crippen molar-refractivity contribution in [3.63, 3.8) is 0 Å². The van der Waals surface area contributed by atoms with E-state index in [0.717, 1.165) is 25.3 Å². The molecule has 0 radical (unpaired) electrons. The van der Waals surface area contributed by atoms with E-state index in [0.29, 0.717) is 17.2 Å². The van der Waals surface area contributed by atoms with Gasteiger partial charge in [0.25, 0.3) is 0 Å². The molecular formula is C14H20ClN3O2. The maximum Gasteiger partial charge on any atom is 0.170 e. The van der Waals surface area contributed by atoms with Crippen molar-refractivity contribution in [3.05, 3.63) is 34.3 Å². The van der Waals surface area contributed by atoms with Crippen LogP contribution in [0.1, 0.15) is 25.0 Å². The van der Waals surface area contributed by atoms with Crippen LogP contribution in [-0.4, -0.2) is 41.2 Å². The maximum atomic E-state index is 8.68. The highest BCUT2D eigenvalue weighted by Gasteiger charge is 2.30. The predicted molar refractivity (Wildman–Crippen MR) is 79.3 cm³/mol. The van der Waals surface area contributed by atoms with E-state index >= 15 is 0 Å². The summed E-state index contributed by atoms with van der Waals surface area (Å²) in [5.41, 5.74) is 7.18. The number of hydrogen-bond acceptors (Lipinski definition) is 4. The predicted octanol–water partition coefficient (Wildman–Crippen LogP) is 2.05. The third-order valence-corrected chi connectivity index (χ3v) is 3.99. The maximum absolute atomic E-state index is 8.68. The zero-order valence-electron chi connectivity index (χ0n) is 11.8. The summed E-state index contributed by atoms with van der Waals surface area (Å²) in [6, 6.07) is 5.45. The number of ether oxygens (including phenoxy) is 1. The fourth-order valence-corrected chi connectivity index (χ4v) is 2.52. The highest BCUT2D eigenvalue weighted by molar-refractivity contribution is 6.31. The van der Waals surface area contributed by atoms with Crippen molar-refractivity contribution >= 4 is 17.4 Å². The average Bonchev–Trinajstić information content (AvgIpc) is 2.42. The molecule has 6 heteroatoms. The summed E-state index contributed by atoms with van der Waals surface area (Å²) in [5, 5.41) is 12.3. The third-order valence-electron chi connectivity index (χ3n) is 3.63. The number of rotatable bonds is 3. The first kappa shape index (κ1) is 15.1. The summed E-state index contributed by atoms with van der Waals surface area (Å²) in [7, 11) is 0. The van der Waals surface area contributed by atoms with Crippen LogP contribution in [0, 0.1) is 0 Å². The molecule has 0 bridgehead atoms. The van der Waals surface area contributed by atoms with E-state index in [9.17, 15) is 0 Å². The van der Waals surface area contributed by atoms with Crippen LogP contribution >= 0.6 is 11.6 Å². The zero-order chi connectivity index (χ0) is 14.8. The quantitative estimate of drug-likeness (QED) is 0.388. The summed E-state index contributed by atoms with van der Waals surface area (Å²) in [6.45, 7) is 7.41. The van der Waals surface area contributed by atoms with Gasteiger partial charge in [-0.05, 0) is 25.5 Å². The van der Waals surface area contributed by atoms with Crippen LogP contribution in [0.3, 0.4) is 0 Å². The molecule has 2 rings (SSSR count). The van der Waals surface area contributed by atoms with Crippen molar-refractivity contribution < 1.29 is 9.94 Å². The van der Waals surface area contributed by atoms with E-state index in [4.69, 9.17) is 27.3 Å². The Labute approximate surface area is 124 Å². The number of benzene rings is 1. The Morgan fingerprint density at radius 1 is 1.55 bits per heavy atom. The van der Waals surface area contributed by atoms with Gasteiger partial charge in [0.1, 0.15) is 0 Å². The third kappa shape index (κ3) is 3.23. The molecule has 0 unspecified atom stereocenters. The number of halogens is 1. The smallest absolute Gasteiger partial charge is 0.170 e. The number of morpholine rings is 1. The van der Waals surface area contributed by atoms with E-state index < -0.39 is 0 Å². The number of amidine groups is 1. The van der Waals surface area contributed by atoms with Crippen LogP contribution < -0.4 is 5.73 Å². The molecule has 0 aromatic heterocycles. The first-order valence-corrected chi connectivity index (χ1v) is 6.91. The molecule has 1 aromatic carbocycles. The lowest BCUT2D eigenvalue weighted by atomic mass is 10.0. The van der Waals surface area contributed by atoms with E-state index in [1.807, 2.05) is 12.1 Å². The molecule has 0 amide bonds. The Hall–Kier alpha value is -1.30. The van der Waals surface area contributed by atoms with Gasteiger partial charge in [0.2, 0.25) is 0 Å². The van der Waals surface area contributed by atoms with Gasteiger partial charge < -0.3 is 15.7 Å². The summed E-state index contributed by atoms with van der Waals surface area (Å²) in [5.74, 6) is 0.0603. The minimum Gasteiger partial charge on any atom is -0.409 e. The summed E-state index contributed by atoms with van der Waals surface area (Å²) >= 11 is 6.29. The van der Waals surface area contributed by atoms with Crippen molar-refractivity contribution in [1.29, 1.82) is 0 Å². The van der Waals surface area contributed by atoms with E-state index in [1.165, 1.54) is 0 Å². The Bertz CT molecular complexity index is 517. The Morgan fingerprint density at radius 3 is 2.90 bits per heavy atom. The number of oxime groups is 1. The van der Waals surface area contributed by atoms with Crippen molar-refractivity contribution in [2.75, 3.05) is 19.8 Å². The van der Waals surface area contributed by atoms with E-state index in [2.05, 4.69) is 23.9 Å². The fraction of sp³-hybridized carbons (Fsp3) is 0.500. The number of nitrogens with two attached hydrogens (primary N) is 1.